The summed E-state index contributed by atoms with van der Waals surface area (Å²) in [6.45, 7) is 2.47. The first-order valence-corrected chi connectivity index (χ1v) is 10.7. The highest BCUT2D eigenvalue weighted by molar-refractivity contribution is 7.92. The molecule has 1 aromatic rings. The third-order valence-corrected chi connectivity index (χ3v) is 6.74. The van der Waals surface area contributed by atoms with Gasteiger partial charge >= 0.3 is 10.2 Å². The number of aromatic hydroxyl groups is 1. The summed E-state index contributed by atoms with van der Waals surface area (Å²) in [7, 11) is -4.20. The number of hydrogen-bond acceptors (Lipinski definition) is 7. The summed E-state index contributed by atoms with van der Waals surface area (Å²) >= 11 is 0. The molecule has 2 fully saturated rings. The van der Waals surface area contributed by atoms with Crippen molar-refractivity contribution < 1.29 is 27.4 Å². The zero-order valence-corrected chi connectivity index (χ0v) is 16.0. The lowest BCUT2D eigenvalue weighted by atomic mass is 10.0. The number of benzene rings is 1. The molecule has 4 N–H and O–H groups in total. The number of phenolic OH excluding ortho intramolecular Hbond substituents is 1. The fraction of sp³-hybridized carbons (Fsp3) is 0.588. The first kappa shape index (κ1) is 19.2. The molecule has 3 aliphatic heterocycles. The number of amides is 1. The molecular weight excluding hydrogens is 391 g/mol. The summed E-state index contributed by atoms with van der Waals surface area (Å²) in [5.74, 6) is -1.56. The van der Waals surface area contributed by atoms with Crippen molar-refractivity contribution >= 4 is 27.5 Å². The van der Waals surface area contributed by atoms with E-state index in [9.17, 15) is 18.3 Å². The Hall–Kier alpha value is -2.11. The van der Waals surface area contributed by atoms with E-state index in [0.717, 1.165) is 32.6 Å². The van der Waals surface area contributed by atoms with Crippen LogP contribution in [0.3, 0.4) is 0 Å². The molecule has 0 bridgehead atoms. The van der Waals surface area contributed by atoms with Crippen LogP contribution in [0.4, 0.5) is 15.8 Å². The Morgan fingerprint density at radius 1 is 1.32 bits per heavy atom. The van der Waals surface area contributed by atoms with Crippen molar-refractivity contribution in [3.05, 3.63) is 17.4 Å². The van der Waals surface area contributed by atoms with E-state index < -0.39 is 39.9 Å². The van der Waals surface area contributed by atoms with Gasteiger partial charge in [-0.3, -0.25) is 4.79 Å². The molecule has 0 spiro atoms. The van der Waals surface area contributed by atoms with Gasteiger partial charge in [0.2, 0.25) is 0 Å². The molecule has 1 atom stereocenters. The average molecular weight is 414 g/mol. The maximum Gasteiger partial charge on any atom is 0.326 e. The summed E-state index contributed by atoms with van der Waals surface area (Å²) in [4.78, 5) is 11.4. The lowest BCUT2D eigenvalue weighted by Gasteiger charge is -2.23. The Bertz CT molecular complexity index is 888. The maximum atomic E-state index is 15.1. The second-order valence-corrected chi connectivity index (χ2v) is 8.98. The molecule has 9 nitrogen and oxygen atoms in total. The number of nitrogens with one attached hydrogen (secondary N) is 3. The Kier molecular flexibility index (Phi) is 5.06. The second-order valence-electron chi connectivity index (χ2n) is 7.38. The largest absolute Gasteiger partial charge is 0.506 e. The quantitative estimate of drug-likeness (QED) is 0.538. The van der Waals surface area contributed by atoms with Crippen molar-refractivity contribution in [1.82, 2.24) is 10.0 Å². The zero-order valence-electron chi connectivity index (χ0n) is 15.2. The van der Waals surface area contributed by atoms with Crippen molar-refractivity contribution in [3.8, 4) is 5.75 Å². The van der Waals surface area contributed by atoms with Gasteiger partial charge in [-0.05, 0) is 31.7 Å². The number of fused-ring (bicyclic) bond motifs is 1. The summed E-state index contributed by atoms with van der Waals surface area (Å²) in [5, 5.41) is 16.8. The third kappa shape index (κ3) is 3.61. The highest BCUT2D eigenvalue weighted by atomic mass is 32.2. The number of carbonyl (C=O) groups is 1. The van der Waals surface area contributed by atoms with Gasteiger partial charge in [0, 0.05) is 43.1 Å². The van der Waals surface area contributed by atoms with E-state index in [1.54, 1.807) is 4.72 Å². The molecule has 0 aliphatic carbocycles. The molecule has 0 radical (unpaired) electrons. The van der Waals surface area contributed by atoms with E-state index in [1.807, 2.05) is 0 Å². The van der Waals surface area contributed by atoms with Crippen LogP contribution >= 0.6 is 0 Å². The van der Waals surface area contributed by atoms with Crippen LogP contribution in [0, 0.1) is 11.7 Å². The fourth-order valence-electron chi connectivity index (χ4n) is 3.93. The molecule has 2 saturated heterocycles. The molecule has 1 amide bonds. The van der Waals surface area contributed by atoms with E-state index in [4.69, 9.17) is 4.74 Å². The molecule has 0 aromatic heterocycles. The number of phenols is 1. The van der Waals surface area contributed by atoms with Crippen LogP contribution in [0.1, 0.15) is 18.4 Å². The zero-order chi connectivity index (χ0) is 19.9. The predicted octanol–water partition coefficient (Wildman–Crippen LogP) is 0.0651. The number of rotatable bonds is 5. The lowest BCUT2D eigenvalue weighted by Crippen LogP contribution is -2.35. The normalized spacial score (nSPS) is 24.1. The van der Waals surface area contributed by atoms with Gasteiger partial charge in [-0.2, -0.15) is 8.42 Å². The molecule has 3 aliphatic rings. The van der Waals surface area contributed by atoms with Gasteiger partial charge in [0.15, 0.2) is 5.82 Å². The highest BCUT2D eigenvalue weighted by Crippen LogP contribution is 2.41. The van der Waals surface area contributed by atoms with E-state index in [1.165, 1.54) is 6.07 Å². The van der Waals surface area contributed by atoms with E-state index in [-0.39, 0.29) is 6.04 Å². The van der Waals surface area contributed by atoms with E-state index in [2.05, 4.69) is 10.6 Å². The molecule has 154 valence electrons. The number of anilines is 2. The first-order valence-electron chi connectivity index (χ1n) is 9.28. The monoisotopic (exact) mass is 414 g/mol. The van der Waals surface area contributed by atoms with Crippen LogP contribution < -0.4 is 19.7 Å². The van der Waals surface area contributed by atoms with Gasteiger partial charge in [0.1, 0.15) is 18.0 Å². The van der Waals surface area contributed by atoms with Gasteiger partial charge in [-0.25, -0.2) is 13.4 Å². The van der Waals surface area contributed by atoms with Crippen LogP contribution in [0.5, 0.6) is 5.75 Å². The smallest absolute Gasteiger partial charge is 0.326 e. The average Bonchev–Trinajstić information content (AvgIpc) is 3.15. The number of nitrogens with zero attached hydrogens (tertiary/aromatic N) is 1. The van der Waals surface area contributed by atoms with Crippen molar-refractivity contribution in [2.24, 2.45) is 5.92 Å². The molecule has 28 heavy (non-hydrogen) atoms. The molecule has 3 heterocycles. The summed E-state index contributed by atoms with van der Waals surface area (Å²) in [6.07, 6.45) is 2.40. The molecular formula is C17H23FN4O5S. The molecule has 11 heteroatoms. The third-order valence-electron chi connectivity index (χ3n) is 5.37. The molecule has 0 unspecified atom stereocenters. The number of carbonyl (C=O) groups excluding carboxylic acids is 1. The van der Waals surface area contributed by atoms with Gasteiger partial charge in [-0.1, -0.05) is 0 Å². The lowest BCUT2D eigenvalue weighted by molar-refractivity contribution is -0.117. The molecule has 4 rings (SSSR count). The van der Waals surface area contributed by atoms with E-state index in [0.29, 0.717) is 34.4 Å². The van der Waals surface area contributed by atoms with Crippen LogP contribution in [-0.2, 0) is 26.2 Å². The standard InChI is InChI=1S/C17H23FN4O5S/c18-16-12-5-11(8-19-7-10-1-3-27-4-2-10)20-13(12)6-14(23)17(16)22-9-15(24)21-28(22,25)26/h6,10-11,19-20,23H,1-5,7-9H2,(H,21,24)/t11-/m1/s1. The van der Waals surface area contributed by atoms with Gasteiger partial charge in [-0.15, -0.1) is 0 Å². The van der Waals surface area contributed by atoms with Crippen molar-refractivity contribution in [2.75, 3.05) is 42.5 Å². The summed E-state index contributed by atoms with van der Waals surface area (Å²) < 4.78 is 46.8. The van der Waals surface area contributed by atoms with Crippen molar-refractivity contribution in [1.29, 1.82) is 0 Å². The van der Waals surface area contributed by atoms with Crippen LogP contribution in [0.15, 0.2) is 6.07 Å². The Morgan fingerprint density at radius 2 is 2.07 bits per heavy atom. The van der Waals surface area contributed by atoms with Gasteiger partial charge in [0.05, 0.1) is 0 Å². The number of hydrogen-bond donors (Lipinski definition) is 4. The minimum atomic E-state index is -4.20. The Morgan fingerprint density at radius 3 is 2.75 bits per heavy atom. The van der Waals surface area contributed by atoms with Gasteiger partial charge < -0.3 is 20.5 Å². The predicted molar refractivity (Wildman–Crippen MR) is 100 cm³/mol. The topological polar surface area (TPSA) is 120 Å². The SMILES string of the molecule is O=C1CN(c2c(O)cc3c(c2F)C[C@H](CNCC2CCOCC2)N3)S(=O)(=O)N1. The van der Waals surface area contributed by atoms with Crippen molar-refractivity contribution in [2.45, 2.75) is 25.3 Å². The minimum Gasteiger partial charge on any atom is -0.506 e. The Labute approximate surface area is 162 Å². The Balaban J connectivity index is 1.46. The first-order chi connectivity index (χ1) is 13.3. The summed E-state index contributed by atoms with van der Waals surface area (Å²) in [5.41, 5.74) is 0.252. The fourth-order valence-corrected chi connectivity index (χ4v) is 5.09. The van der Waals surface area contributed by atoms with Crippen LogP contribution in [0.25, 0.3) is 0 Å². The number of halogens is 1. The van der Waals surface area contributed by atoms with Crippen molar-refractivity contribution in [3.63, 3.8) is 0 Å². The number of ether oxygens (including phenoxy) is 1. The van der Waals surface area contributed by atoms with Gasteiger partial charge in [0.25, 0.3) is 5.91 Å². The van der Waals surface area contributed by atoms with E-state index >= 15 is 4.39 Å². The highest BCUT2D eigenvalue weighted by Gasteiger charge is 2.39. The summed E-state index contributed by atoms with van der Waals surface area (Å²) in [6, 6.07) is 1.23. The van der Waals surface area contributed by atoms with Crippen LogP contribution in [0.2, 0.25) is 0 Å². The van der Waals surface area contributed by atoms with Crippen LogP contribution in [-0.4, -0.2) is 58.3 Å². The molecule has 0 saturated carbocycles. The minimum absolute atomic E-state index is 0.0751. The maximum absolute atomic E-state index is 15.1. The second kappa shape index (κ2) is 7.37. The molecule has 1 aromatic carbocycles.